The number of furan rings is 1. The second-order valence-electron chi connectivity index (χ2n) is 3.31. The van der Waals surface area contributed by atoms with Gasteiger partial charge in [0.05, 0.1) is 12.1 Å². The van der Waals surface area contributed by atoms with Crippen molar-refractivity contribution >= 4 is 17.3 Å². The SMILES string of the molecule is COC(=O)c1nc(C)sc1-c1ccc(C)o1. The van der Waals surface area contributed by atoms with Crippen molar-refractivity contribution in [3.63, 3.8) is 0 Å². The summed E-state index contributed by atoms with van der Waals surface area (Å²) in [5, 5.41) is 0.810. The highest BCUT2D eigenvalue weighted by Gasteiger charge is 2.20. The standard InChI is InChI=1S/C11H11NO3S/c1-6-4-5-8(15-6)10-9(11(13)14-3)12-7(2)16-10/h4-5H,1-3H3. The molecule has 16 heavy (non-hydrogen) atoms. The van der Waals surface area contributed by atoms with E-state index in [4.69, 9.17) is 4.42 Å². The van der Waals surface area contributed by atoms with Crippen molar-refractivity contribution in [2.24, 2.45) is 0 Å². The number of aryl methyl sites for hydroxylation is 2. The van der Waals surface area contributed by atoms with Gasteiger partial charge in [-0.05, 0) is 26.0 Å². The van der Waals surface area contributed by atoms with E-state index >= 15 is 0 Å². The van der Waals surface area contributed by atoms with Crippen molar-refractivity contribution < 1.29 is 13.9 Å². The molecule has 2 aromatic rings. The quantitative estimate of drug-likeness (QED) is 0.754. The summed E-state index contributed by atoms with van der Waals surface area (Å²) in [4.78, 5) is 16.4. The van der Waals surface area contributed by atoms with Crippen LogP contribution >= 0.6 is 11.3 Å². The first kappa shape index (κ1) is 10.9. The highest BCUT2D eigenvalue weighted by Crippen LogP contribution is 2.31. The fourth-order valence-electron chi connectivity index (χ4n) is 1.39. The Balaban J connectivity index is 2.52. The van der Waals surface area contributed by atoms with Crippen LogP contribution in [0.1, 0.15) is 21.3 Å². The number of esters is 1. The maximum absolute atomic E-state index is 11.5. The third kappa shape index (κ3) is 1.86. The topological polar surface area (TPSA) is 52.3 Å². The van der Waals surface area contributed by atoms with Crippen molar-refractivity contribution in [1.29, 1.82) is 0 Å². The van der Waals surface area contributed by atoms with Gasteiger partial charge in [0.1, 0.15) is 16.4 Å². The summed E-state index contributed by atoms with van der Waals surface area (Å²) in [6.07, 6.45) is 0. The second-order valence-corrected chi connectivity index (χ2v) is 4.52. The molecule has 0 N–H and O–H groups in total. The minimum Gasteiger partial charge on any atom is -0.464 e. The molecule has 0 fully saturated rings. The number of hydrogen-bond acceptors (Lipinski definition) is 5. The first-order valence-electron chi connectivity index (χ1n) is 4.74. The molecule has 2 rings (SSSR count). The van der Waals surface area contributed by atoms with Crippen LogP contribution in [-0.2, 0) is 4.74 Å². The van der Waals surface area contributed by atoms with Crippen LogP contribution < -0.4 is 0 Å². The minimum absolute atomic E-state index is 0.319. The molecule has 0 aliphatic heterocycles. The Hall–Kier alpha value is -1.62. The molecule has 5 heteroatoms. The molecule has 4 nitrogen and oxygen atoms in total. The first-order chi connectivity index (χ1) is 7.61. The summed E-state index contributed by atoms with van der Waals surface area (Å²) in [5.41, 5.74) is 0.319. The zero-order valence-electron chi connectivity index (χ0n) is 9.23. The van der Waals surface area contributed by atoms with Gasteiger partial charge in [-0.3, -0.25) is 0 Å². The average Bonchev–Trinajstić information content (AvgIpc) is 2.83. The number of thiazole rings is 1. The molecule has 0 aliphatic rings. The molecular weight excluding hydrogens is 226 g/mol. The van der Waals surface area contributed by atoms with Gasteiger partial charge in [0, 0.05) is 0 Å². The van der Waals surface area contributed by atoms with Gasteiger partial charge in [0.15, 0.2) is 5.69 Å². The molecule has 0 saturated carbocycles. The van der Waals surface area contributed by atoms with Gasteiger partial charge in [0.2, 0.25) is 0 Å². The molecule has 0 bridgehead atoms. The predicted molar refractivity (Wildman–Crippen MR) is 60.6 cm³/mol. The van der Waals surface area contributed by atoms with E-state index in [9.17, 15) is 4.79 Å². The predicted octanol–water partition coefficient (Wildman–Crippen LogP) is 2.81. The number of hydrogen-bond donors (Lipinski definition) is 0. The molecule has 0 atom stereocenters. The molecule has 0 unspecified atom stereocenters. The highest BCUT2D eigenvalue weighted by atomic mass is 32.1. The summed E-state index contributed by atoms with van der Waals surface area (Å²) >= 11 is 1.42. The fraction of sp³-hybridized carbons (Fsp3) is 0.273. The second kappa shape index (κ2) is 4.09. The third-order valence-electron chi connectivity index (χ3n) is 2.08. The number of nitrogens with zero attached hydrogens (tertiary/aromatic N) is 1. The van der Waals surface area contributed by atoms with Crippen LogP contribution in [0.5, 0.6) is 0 Å². The Kier molecular flexibility index (Phi) is 2.78. The van der Waals surface area contributed by atoms with E-state index in [2.05, 4.69) is 9.72 Å². The van der Waals surface area contributed by atoms with Crippen LogP contribution in [0.3, 0.4) is 0 Å². The van der Waals surface area contributed by atoms with E-state index in [1.54, 1.807) is 0 Å². The summed E-state index contributed by atoms with van der Waals surface area (Å²) in [6.45, 7) is 3.70. The number of ether oxygens (including phenoxy) is 1. The Morgan fingerprint density at radius 3 is 2.75 bits per heavy atom. The van der Waals surface area contributed by atoms with Gasteiger partial charge in [0.25, 0.3) is 0 Å². The molecule has 0 aliphatic carbocycles. The number of aromatic nitrogens is 1. The molecule has 0 radical (unpaired) electrons. The van der Waals surface area contributed by atoms with Crippen molar-refractivity contribution in [2.45, 2.75) is 13.8 Å². The van der Waals surface area contributed by atoms with Crippen molar-refractivity contribution in [2.75, 3.05) is 7.11 Å². The molecular formula is C11H11NO3S. The lowest BCUT2D eigenvalue weighted by atomic mass is 10.3. The number of carbonyl (C=O) groups is 1. The summed E-state index contributed by atoms with van der Waals surface area (Å²) in [6, 6.07) is 3.68. The van der Waals surface area contributed by atoms with Gasteiger partial charge in [-0.25, -0.2) is 9.78 Å². The van der Waals surface area contributed by atoms with Crippen LogP contribution in [0.15, 0.2) is 16.5 Å². The molecule has 2 heterocycles. The largest absolute Gasteiger partial charge is 0.464 e. The molecule has 84 valence electrons. The summed E-state index contributed by atoms with van der Waals surface area (Å²) < 4.78 is 10.2. The average molecular weight is 237 g/mol. The van der Waals surface area contributed by atoms with Crippen LogP contribution in [0.25, 0.3) is 10.6 Å². The van der Waals surface area contributed by atoms with E-state index < -0.39 is 5.97 Å². The molecule has 2 aromatic heterocycles. The Morgan fingerprint density at radius 1 is 1.44 bits per heavy atom. The van der Waals surface area contributed by atoms with Gasteiger partial charge >= 0.3 is 5.97 Å². The molecule has 0 aromatic carbocycles. The lowest BCUT2D eigenvalue weighted by Crippen LogP contribution is -2.03. The van der Waals surface area contributed by atoms with Crippen LogP contribution in [0.4, 0.5) is 0 Å². The number of rotatable bonds is 2. The van der Waals surface area contributed by atoms with Gasteiger partial charge < -0.3 is 9.15 Å². The summed E-state index contributed by atoms with van der Waals surface area (Å²) in [7, 11) is 1.34. The van der Waals surface area contributed by atoms with Gasteiger partial charge in [-0.15, -0.1) is 11.3 Å². The number of methoxy groups -OCH3 is 1. The lowest BCUT2D eigenvalue weighted by Gasteiger charge is -1.96. The third-order valence-corrected chi connectivity index (χ3v) is 3.06. The Bertz CT molecular complexity index is 527. The lowest BCUT2D eigenvalue weighted by molar-refractivity contribution is 0.0595. The van der Waals surface area contributed by atoms with Crippen molar-refractivity contribution in [3.05, 3.63) is 28.6 Å². The zero-order chi connectivity index (χ0) is 11.7. The van der Waals surface area contributed by atoms with Gasteiger partial charge in [-0.1, -0.05) is 0 Å². The van der Waals surface area contributed by atoms with Crippen molar-refractivity contribution in [3.8, 4) is 10.6 Å². The smallest absolute Gasteiger partial charge is 0.358 e. The van der Waals surface area contributed by atoms with Crippen LogP contribution in [0.2, 0.25) is 0 Å². The first-order valence-corrected chi connectivity index (χ1v) is 5.56. The molecule has 0 saturated heterocycles. The Morgan fingerprint density at radius 2 is 2.19 bits per heavy atom. The van der Waals surface area contributed by atoms with E-state index in [1.807, 2.05) is 26.0 Å². The Labute approximate surface area is 96.9 Å². The van der Waals surface area contributed by atoms with Crippen LogP contribution in [0, 0.1) is 13.8 Å². The van der Waals surface area contributed by atoms with Gasteiger partial charge in [-0.2, -0.15) is 0 Å². The maximum atomic E-state index is 11.5. The molecule has 0 amide bonds. The zero-order valence-corrected chi connectivity index (χ0v) is 10.1. The normalized spacial score (nSPS) is 10.4. The van der Waals surface area contributed by atoms with Crippen molar-refractivity contribution in [1.82, 2.24) is 4.98 Å². The molecule has 0 spiro atoms. The summed E-state index contributed by atoms with van der Waals surface area (Å²) in [5.74, 6) is 1.02. The van der Waals surface area contributed by atoms with Crippen LogP contribution in [-0.4, -0.2) is 18.1 Å². The van der Waals surface area contributed by atoms with E-state index in [1.165, 1.54) is 18.4 Å². The van der Waals surface area contributed by atoms with E-state index in [-0.39, 0.29) is 0 Å². The minimum atomic E-state index is -0.437. The van der Waals surface area contributed by atoms with E-state index in [0.717, 1.165) is 15.6 Å². The maximum Gasteiger partial charge on any atom is 0.358 e. The monoisotopic (exact) mass is 237 g/mol. The number of carbonyl (C=O) groups excluding carboxylic acids is 1. The fourth-order valence-corrected chi connectivity index (χ4v) is 2.25. The highest BCUT2D eigenvalue weighted by molar-refractivity contribution is 7.15. The van der Waals surface area contributed by atoms with E-state index in [0.29, 0.717) is 11.5 Å².